The topological polar surface area (TPSA) is 57.0 Å². The van der Waals surface area contributed by atoms with E-state index >= 15 is 0 Å². The SMILES string of the molecule is CCOC(=O)c1nnn(CCSc2ccccc2)c1CCl. The number of aromatic nitrogens is 3. The van der Waals surface area contributed by atoms with E-state index in [2.05, 4.69) is 22.4 Å². The van der Waals surface area contributed by atoms with Gasteiger partial charge in [0.15, 0.2) is 5.69 Å². The molecule has 0 radical (unpaired) electrons. The fourth-order valence-corrected chi connectivity index (χ4v) is 2.88. The number of rotatable bonds is 7. The van der Waals surface area contributed by atoms with Crippen LogP contribution in [0.1, 0.15) is 23.1 Å². The molecule has 2 aromatic rings. The number of aryl methyl sites for hydroxylation is 1. The molecule has 0 amide bonds. The third-order valence-electron chi connectivity index (χ3n) is 2.75. The molecule has 21 heavy (non-hydrogen) atoms. The van der Waals surface area contributed by atoms with Crippen LogP contribution in [0.2, 0.25) is 0 Å². The molecule has 0 fully saturated rings. The van der Waals surface area contributed by atoms with Crippen molar-refractivity contribution in [2.45, 2.75) is 24.2 Å². The van der Waals surface area contributed by atoms with Crippen LogP contribution in [0.4, 0.5) is 0 Å². The summed E-state index contributed by atoms with van der Waals surface area (Å²) in [6.45, 7) is 2.69. The van der Waals surface area contributed by atoms with Gasteiger partial charge < -0.3 is 4.74 Å². The first kappa shape index (κ1) is 15.9. The molecule has 0 aliphatic rings. The maximum Gasteiger partial charge on any atom is 0.360 e. The Hall–Kier alpha value is -1.53. The first-order valence-electron chi connectivity index (χ1n) is 6.59. The van der Waals surface area contributed by atoms with E-state index in [1.54, 1.807) is 23.4 Å². The van der Waals surface area contributed by atoms with Crippen LogP contribution in [-0.2, 0) is 17.2 Å². The highest BCUT2D eigenvalue weighted by Crippen LogP contribution is 2.18. The van der Waals surface area contributed by atoms with Crippen molar-refractivity contribution in [1.82, 2.24) is 15.0 Å². The first-order valence-corrected chi connectivity index (χ1v) is 8.11. The Kier molecular flexibility index (Phi) is 6.07. The van der Waals surface area contributed by atoms with E-state index in [0.29, 0.717) is 18.8 Å². The second-order valence-corrected chi connectivity index (χ2v) is 5.56. The van der Waals surface area contributed by atoms with E-state index < -0.39 is 5.97 Å². The minimum absolute atomic E-state index is 0.178. The Morgan fingerprint density at radius 3 is 2.81 bits per heavy atom. The molecule has 0 saturated carbocycles. The van der Waals surface area contributed by atoms with Crippen molar-refractivity contribution in [1.29, 1.82) is 0 Å². The van der Waals surface area contributed by atoms with Crippen molar-refractivity contribution in [2.75, 3.05) is 12.4 Å². The quantitative estimate of drug-likeness (QED) is 0.445. The second kappa shape index (κ2) is 8.05. The molecule has 112 valence electrons. The standard InChI is InChI=1S/C14H16ClN3O2S/c1-2-20-14(19)13-12(10-15)18(17-16-13)8-9-21-11-6-4-3-5-7-11/h3-7H,2,8-10H2,1H3. The Bertz CT molecular complexity index is 589. The van der Waals surface area contributed by atoms with E-state index in [4.69, 9.17) is 16.3 Å². The number of carbonyl (C=O) groups is 1. The molecule has 0 unspecified atom stereocenters. The molecule has 0 N–H and O–H groups in total. The molecule has 0 aliphatic heterocycles. The van der Waals surface area contributed by atoms with Gasteiger partial charge in [-0.15, -0.1) is 28.5 Å². The number of hydrogen-bond donors (Lipinski definition) is 0. The maximum absolute atomic E-state index is 11.7. The van der Waals surface area contributed by atoms with Crippen LogP contribution in [-0.4, -0.2) is 33.3 Å². The van der Waals surface area contributed by atoms with Crippen molar-refractivity contribution in [3.63, 3.8) is 0 Å². The molecule has 0 aliphatic carbocycles. The predicted molar refractivity (Wildman–Crippen MR) is 82.7 cm³/mol. The molecule has 0 saturated heterocycles. The van der Waals surface area contributed by atoms with E-state index in [-0.39, 0.29) is 11.6 Å². The van der Waals surface area contributed by atoms with E-state index in [0.717, 1.165) is 5.75 Å². The zero-order valence-corrected chi connectivity index (χ0v) is 13.2. The third kappa shape index (κ3) is 4.22. The maximum atomic E-state index is 11.7. The monoisotopic (exact) mass is 325 g/mol. The zero-order chi connectivity index (χ0) is 15.1. The average Bonchev–Trinajstić information content (AvgIpc) is 2.91. The van der Waals surface area contributed by atoms with Gasteiger partial charge in [0.25, 0.3) is 0 Å². The summed E-state index contributed by atoms with van der Waals surface area (Å²) in [6, 6.07) is 10.1. The van der Waals surface area contributed by atoms with Gasteiger partial charge >= 0.3 is 5.97 Å². The minimum atomic E-state index is -0.477. The number of benzene rings is 1. The Morgan fingerprint density at radius 1 is 1.38 bits per heavy atom. The van der Waals surface area contributed by atoms with E-state index in [1.165, 1.54) is 4.90 Å². The van der Waals surface area contributed by atoms with Gasteiger partial charge in [-0.3, -0.25) is 0 Å². The summed E-state index contributed by atoms with van der Waals surface area (Å²) in [5.41, 5.74) is 0.806. The molecule has 0 bridgehead atoms. The zero-order valence-electron chi connectivity index (χ0n) is 11.7. The lowest BCUT2D eigenvalue weighted by Crippen LogP contribution is -2.11. The summed E-state index contributed by atoms with van der Waals surface area (Å²) in [6.07, 6.45) is 0. The Balaban J connectivity index is 1.98. The van der Waals surface area contributed by atoms with Crippen LogP contribution in [0, 0.1) is 0 Å². The summed E-state index contributed by atoms with van der Waals surface area (Å²) in [4.78, 5) is 12.9. The fourth-order valence-electron chi connectivity index (χ4n) is 1.77. The molecule has 0 atom stereocenters. The molecule has 7 heteroatoms. The number of hydrogen-bond acceptors (Lipinski definition) is 5. The lowest BCUT2D eigenvalue weighted by Gasteiger charge is -2.05. The van der Waals surface area contributed by atoms with Gasteiger partial charge in [-0.1, -0.05) is 23.4 Å². The molecular formula is C14H16ClN3O2S. The van der Waals surface area contributed by atoms with Gasteiger partial charge in [0.1, 0.15) is 0 Å². The molecular weight excluding hydrogens is 310 g/mol. The normalized spacial score (nSPS) is 10.6. The highest BCUT2D eigenvalue weighted by molar-refractivity contribution is 7.99. The highest BCUT2D eigenvalue weighted by Gasteiger charge is 2.19. The average molecular weight is 326 g/mol. The van der Waals surface area contributed by atoms with Gasteiger partial charge in [0.2, 0.25) is 0 Å². The lowest BCUT2D eigenvalue weighted by molar-refractivity contribution is 0.0518. The smallest absolute Gasteiger partial charge is 0.360 e. The minimum Gasteiger partial charge on any atom is -0.461 e. The second-order valence-electron chi connectivity index (χ2n) is 4.12. The van der Waals surface area contributed by atoms with Crippen molar-refractivity contribution in [3.05, 3.63) is 41.7 Å². The van der Waals surface area contributed by atoms with Crippen molar-refractivity contribution in [3.8, 4) is 0 Å². The van der Waals surface area contributed by atoms with E-state index in [9.17, 15) is 4.79 Å². The van der Waals surface area contributed by atoms with Crippen molar-refractivity contribution in [2.24, 2.45) is 0 Å². The van der Waals surface area contributed by atoms with Crippen molar-refractivity contribution < 1.29 is 9.53 Å². The number of nitrogens with zero attached hydrogens (tertiary/aromatic N) is 3. The molecule has 1 heterocycles. The van der Waals surface area contributed by atoms with E-state index in [1.807, 2.05) is 18.2 Å². The molecule has 0 spiro atoms. The van der Waals surface area contributed by atoms with Crippen LogP contribution < -0.4 is 0 Å². The van der Waals surface area contributed by atoms with Gasteiger partial charge in [-0.25, -0.2) is 9.48 Å². The van der Waals surface area contributed by atoms with Crippen molar-refractivity contribution >= 4 is 29.3 Å². The number of esters is 1. The van der Waals surface area contributed by atoms with Gasteiger partial charge in [-0.2, -0.15) is 0 Å². The number of thioether (sulfide) groups is 1. The fraction of sp³-hybridized carbons (Fsp3) is 0.357. The van der Waals surface area contributed by atoms with Gasteiger partial charge in [-0.05, 0) is 19.1 Å². The predicted octanol–water partition coefficient (Wildman–Crippen LogP) is 2.99. The summed E-state index contributed by atoms with van der Waals surface area (Å²) in [5.74, 6) is 0.520. The number of halogens is 1. The largest absolute Gasteiger partial charge is 0.461 e. The summed E-state index contributed by atoms with van der Waals surface area (Å²) in [7, 11) is 0. The van der Waals surface area contributed by atoms with Crippen LogP contribution in [0.15, 0.2) is 35.2 Å². The number of carbonyl (C=O) groups excluding carboxylic acids is 1. The Morgan fingerprint density at radius 2 is 2.14 bits per heavy atom. The highest BCUT2D eigenvalue weighted by atomic mass is 35.5. The third-order valence-corrected chi connectivity index (χ3v) is 3.99. The van der Waals surface area contributed by atoms with Crippen LogP contribution >= 0.6 is 23.4 Å². The summed E-state index contributed by atoms with van der Waals surface area (Å²) < 4.78 is 6.60. The van der Waals surface area contributed by atoms with Crippen LogP contribution in [0.3, 0.4) is 0 Å². The summed E-state index contributed by atoms with van der Waals surface area (Å²) in [5, 5.41) is 7.87. The Labute approximate surface area is 132 Å². The van der Waals surface area contributed by atoms with Gasteiger partial charge in [0.05, 0.1) is 24.7 Å². The molecule has 1 aromatic carbocycles. The van der Waals surface area contributed by atoms with Crippen LogP contribution in [0.25, 0.3) is 0 Å². The van der Waals surface area contributed by atoms with Gasteiger partial charge in [0, 0.05) is 10.6 Å². The molecule has 2 rings (SSSR count). The summed E-state index contributed by atoms with van der Waals surface area (Å²) >= 11 is 7.62. The molecule has 1 aromatic heterocycles. The van der Waals surface area contributed by atoms with Crippen LogP contribution in [0.5, 0.6) is 0 Å². The first-order chi connectivity index (χ1) is 10.3. The number of ether oxygens (including phenoxy) is 1. The lowest BCUT2D eigenvalue weighted by atomic mass is 10.3. The molecule has 5 nitrogen and oxygen atoms in total. The number of alkyl halides is 1.